The first kappa shape index (κ1) is 21.4. The number of aromatic nitrogens is 2. The molecule has 0 N–H and O–H groups in total. The van der Waals surface area contributed by atoms with Crippen LogP contribution in [0, 0.1) is 23.7 Å². The van der Waals surface area contributed by atoms with E-state index < -0.39 is 0 Å². The van der Waals surface area contributed by atoms with E-state index in [2.05, 4.69) is 50.3 Å². The van der Waals surface area contributed by atoms with Crippen molar-refractivity contribution < 1.29 is 0 Å². The van der Waals surface area contributed by atoms with Gasteiger partial charge < -0.3 is 4.90 Å². The predicted molar refractivity (Wildman–Crippen MR) is 110 cm³/mol. The lowest BCUT2D eigenvalue weighted by atomic mass is 9.94. The molecule has 0 saturated carbocycles. The first-order chi connectivity index (χ1) is 12.1. The highest BCUT2D eigenvalue weighted by Gasteiger charge is 2.11. The normalized spacial score (nSPS) is 10.4. The van der Waals surface area contributed by atoms with E-state index >= 15 is 0 Å². The molecular weight excluding hydrogens is 320 g/mol. The number of benzene rings is 1. The molecular formula is C22H30N4. The average Bonchev–Trinajstić information content (AvgIpc) is 2.61. The maximum absolute atomic E-state index is 9.12. The van der Waals surface area contributed by atoms with Gasteiger partial charge in [0.2, 0.25) is 0 Å². The number of hydrogen-bond donors (Lipinski definition) is 0. The van der Waals surface area contributed by atoms with Gasteiger partial charge in [0.15, 0.2) is 5.69 Å². The average molecular weight is 351 g/mol. The Morgan fingerprint density at radius 3 is 2.31 bits per heavy atom. The molecule has 0 bridgehead atoms. The van der Waals surface area contributed by atoms with Gasteiger partial charge in [-0.15, -0.1) is 0 Å². The van der Waals surface area contributed by atoms with Crippen molar-refractivity contribution in [2.24, 2.45) is 5.41 Å². The van der Waals surface area contributed by atoms with Gasteiger partial charge in [0.05, 0.1) is 0 Å². The number of allylic oxidation sites excluding steroid dienone is 1. The van der Waals surface area contributed by atoms with Crippen molar-refractivity contribution in [3.63, 3.8) is 0 Å². The van der Waals surface area contributed by atoms with Crippen LogP contribution in [0.25, 0.3) is 11.3 Å². The number of anilines is 1. The second kappa shape index (κ2) is 9.15. The van der Waals surface area contributed by atoms with Gasteiger partial charge in [-0.2, -0.15) is 5.26 Å². The Morgan fingerprint density at radius 1 is 1.23 bits per heavy atom. The van der Waals surface area contributed by atoms with Crippen LogP contribution in [0.5, 0.6) is 0 Å². The minimum Gasteiger partial charge on any atom is -0.349 e. The van der Waals surface area contributed by atoms with Gasteiger partial charge in [0, 0.05) is 36.4 Å². The van der Waals surface area contributed by atoms with Crippen LogP contribution in [0.4, 0.5) is 5.69 Å². The minimum atomic E-state index is 0.334. The Balaban J connectivity index is 0.000000487. The third-order valence-electron chi connectivity index (χ3n) is 4.28. The van der Waals surface area contributed by atoms with Crippen molar-refractivity contribution in [3.05, 3.63) is 54.1 Å². The molecule has 0 radical (unpaired) electrons. The summed E-state index contributed by atoms with van der Waals surface area (Å²) in [5, 5.41) is 9.12. The van der Waals surface area contributed by atoms with E-state index in [1.54, 1.807) is 6.20 Å². The van der Waals surface area contributed by atoms with E-state index in [0.29, 0.717) is 16.8 Å². The molecule has 0 unspecified atom stereocenters. The molecule has 0 aliphatic rings. The second-order valence-electron chi connectivity index (χ2n) is 7.58. The largest absolute Gasteiger partial charge is 0.349 e. The highest BCUT2D eigenvalue weighted by Crippen LogP contribution is 2.28. The lowest BCUT2D eigenvalue weighted by Crippen LogP contribution is -2.14. The first-order valence-corrected chi connectivity index (χ1v) is 8.82. The van der Waals surface area contributed by atoms with Gasteiger partial charge in [-0.3, -0.25) is 4.98 Å². The second-order valence-corrected chi connectivity index (χ2v) is 7.58. The topological polar surface area (TPSA) is 52.8 Å². The zero-order chi connectivity index (χ0) is 19.9. The first-order valence-electron chi connectivity index (χ1n) is 8.82. The molecule has 0 fully saturated rings. The molecule has 0 spiro atoms. The van der Waals surface area contributed by atoms with Crippen LogP contribution in [0.3, 0.4) is 0 Å². The summed E-state index contributed by atoms with van der Waals surface area (Å²) in [6.45, 7) is 16.9. The van der Waals surface area contributed by atoms with Crippen LogP contribution < -0.4 is 4.90 Å². The molecule has 138 valence electrons. The zero-order valence-electron chi connectivity index (χ0n) is 17.1. The van der Waals surface area contributed by atoms with Crippen LogP contribution >= 0.6 is 0 Å². The number of rotatable bonds is 3. The number of hydrogen-bond acceptors (Lipinski definition) is 4. The molecule has 2 aromatic rings. The summed E-state index contributed by atoms with van der Waals surface area (Å²) in [5.41, 5.74) is 5.49. The smallest absolute Gasteiger partial charge is 0.166 e. The van der Waals surface area contributed by atoms with Gasteiger partial charge in [0.25, 0.3) is 0 Å². The summed E-state index contributed by atoms with van der Waals surface area (Å²) in [5.74, 6) is 0. The highest BCUT2D eigenvalue weighted by molar-refractivity contribution is 5.71. The fourth-order valence-electron chi connectivity index (χ4n) is 1.95. The molecule has 4 heteroatoms. The van der Waals surface area contributed by atoms with Gasteiger partial charge in [-0.1, -0.05) is 52.8 Å². The number of aryl methyl sites for hydroxylation is 1. The van der Waals surface area contributed by atoms with Gasteiger partial charge in [0.1, 0.15) is 11.8 Å². The van der Waals surface area contributed by atoms with Crippen LogP contribution in [0.1, 0.15) is 52.3 Å². The molecule has 0 saturated heterocycles. The summed E-state index contributed by atoms with van der Waals surface area (Å²) in [6.07, 6.45) is 4.39. The SMILES string of the molecule is C=C(C)N(C)c1cc(-c2nccnc2C#N)ccc1C.CCC(C)(C)C. The van der Waals surface area contributed by atoms with E-state index in [0.717, 1.165) is 22.5 Å². The molecule has 0 aliphatic carbocycles. The Bertz CT molecular complexity index is 795. The summed E-state index contributed by atoms with van der Waals surface area (Å²) >= 11 is 0. The highest BCUT2D eigenvalue weighted by atomic mass is 15.1. The Kier molecular flexibility index (Phi) is 7.52. The Hall–Kier alpha value is -2.67. The minimum absolute atomic E-state index is 0.334. The molecule has 4 nitrogen and oxygen atoms in total. The van der Waals surface area contributed by atoms with Crippen molar-refractivity contribution in [1.29, 1.82) is 5.26 Å². The summed E-state index contributed by atoms with van der Waals surface area (Å²) in [4.78, 5) is 10.3. The summed E-state index contributed by atoms with van der Waals surface area (Å²) in [7, 11) is 1.97. The van der Waals surface area contributed by atoms with E-state index in [-0.39, 0.29) is 0 Å². The van der Waals surface area contributed by atoms with Crippen molar-refractivity contribution in [1.82, 2.24) is 9.97 Å². The third-order valence-corrected chi connectivity index (χ3v) is 4.28. The molecule has 0 amide bonds. The van der Waals surface area contributed by atoms with Crippen LogP contribution in [0.2, 0.25) is 0 Å². The molecule has 1 heterocycles. The molecule has 2 rings (SSSR count). The van der Waals surface area contributed by atoms with E-state index in [4.69, 9.17) is 5.26 Å². The van der Waals surface area contributed by atoms with Gasteiger partial charge >= 0.3 is 0 Å². The monoisotopic (exact) mass is 350 g/mol. The number of nitriles is 1. The van der Waals surface area contributed by atoms with E-state index in [9.17, 15) is 0 Å². The van der Waals surface area contributed by atoms with Crippen molar-refractivity contribution >= 4 is 5.69 Å². The standard InChI is InChI=1S/C16H16N4.C6H14/c1-11(2)20(4)15-9-13(6-5-12(15)3)16-14(10-17)18-7-8-19-16;1-5-6(2,3)4/h5-9H,1H2,2-4H3;5H2,1-4H3. The van der Waals surface area contributed by atoms with Crippen LogP contribution in [0.15, 0.2) is 42.9 Å². The Morgan fingerprint density at radius 2 is 1.81 bits per heavy atom. The molecule has 0 atom stereocenters. The fraction of sp³-hybridized carbons (Fsp3) is 0.409. The van der Waals surface area contributed by atoms with Gasteiger partial charge in [-0.25, -0.2) is 4.98 Å². The van der Waals surface area contributed by atoms with E-state index in [1.165, 1.54) is 12.6 Å². The fourth-order valence-corrected chi connectivity index (χ4v) is 1.95. The third kappa shape index (κ3) is 6.00. The number of nitrogens with zero attached hydrogens (tertiary/aromatic N) is 4. The lowest BCUT2D eigenvalue weighted by molar-refractivity contribution is 0.398. The predicted octanol–water partition coefficient (Wildman–Crippen LogP) is 5.74. The molecule has 1 aromatic carbocycles. The summed E-state index contributed by atoms with van der Waals surface area (Å²) < 4.78 is 0. The van der Waals surface area contributed by atoms with Crippen LogP contribution in [-0.2, 0) is 0 Å². The van der Waals surface area contributed by atoms with E-state index in [1.807, 2.05) is 44.0 Å². The van der Waals surface area contributed by atoms with Crippen molar-refractivity contribution in [2.45, 2.75) is 48.0 Å². The molecule has 26 heavy (non-hydrogen) atoms. The quantitative estimate of drug-likeness (QED) is 0.708. The lowest BCUT2D eigenvalue weighted by Gasteiger charge is -2.22. The summed E-state index contributed by atoms with van der Waals surface area (Å²) in [6, 6.07) is 8.05. The maximum Gasteiger partial charge on any atom is 0.166 e. The van der Waals surface area contributed by atoms with Crippen LogP contribution in [-0.4, -0.2) is 17.0 Å². The zero-order valence-corrected chi connectivity index (χ0v) is 17.1. The van der Waals surface area contributed by atoms with Crippen molar-refractivity contribution in [3.8, 4) is 17.3 Å². The van der Waals surface area contributed by atoms with Gasteiger partial charge in [-0.05, 0) is 30.9 Å². The molecule has 0 aliphatic heterocycles. The maximum atomic E-state index is 9.12. The molecule has 1 aromatic heterocycles. The van der Waals surface area contributed by atoms with Crippen molar-refractivity contribution in [2.75, 3.05) is 11.9 Å². The Labute approximate surface area is 158 Å².